The molecule has 0 aliphatic rings. The molecule has 0 spiro atoms. The number of hydrogen-bond donors (Lipinski definition) is 2. The molecule has 0 aromatic carbocycles. The van der Waals surface area contributed by atoms with Crippen LogP contribution in [-0.2, 0) is 28.2 Å². The lowest BCUT2D eigenvalue weighted by Gasteiger charge is -2.18. The Labute approximate surface area is 262 Å². The van der Waals surface area contributed by atoms with Crippen molar-refractivity contribution in [2.45, 2.75) is 168 Å². The van der Waals surface area contributed by atoms with Gasteiger partial charge in [-0.25, -0.2) is 4.57 Å². The van der Waals surface area contributed by atoms with Crippen LogP contribution in [-0.4, -0.2) is 41.0 Å². The van der Waals surface area contributed by atoms with Gasteiger partial charge in [0.15, 0.2) is 6.10 Å². The summed E-state index contributed by atoms with van der Waals surface area (Å²) in [5, 5.41) is 0. The van der Waals surface area contributed by atoms with Gasteiger partial charge in [-0.3, -0.25) is 14.1 Å². The Bertz CT molecular complexity index is 761. The summed E-state index contributed by atoms with van der Waals surface area (Å²) < 4.78 is 26.2. The van der Waals surface area contributed by atoms with Crippen molar-refractivity contribution in [3.8, 4) is 0 Å². The molecule has 0 heterocycles. The monoisotopic (exact) mass is 630 g/mol. The van der Waals surface area contributed by atoms with E-state index in [2.05, 4.69) is 42.7 Å². The summed E-state index contributed by atoms with van der Waals surface area (Å²) in [5.74, 6) is -0.902. The predicted molar refractivity (Wildman–Crippen MR) is 175 cm³/mol. The van der Waals surface area contributed by atoms with Crippen molar-refractivity contribution in [3.63, 3.8) is 0 Å². The molecule has 0 aromatic rings. The largest absolute Gasteiger partial charge is 0.469 e. The van der Waals surface area contributed by atoms with E-state index < -0.39 is 32.5 Å². The van der Waals surface area contributed by atoms with Crippen molar-refractivity contribution in [2.24, 2.45) is 0 Å². The van der Waals surface area contributed by atoms with Gasteiger partial charge >= 0.3 is 19.8 Å². The third-order valence-corrected chi connectivity index (χ3v) is 7.71. The Morgan fingerprint density at radius 2 is 1.05 bits per heavy atom. The van der Waals surface area contributed by atoms with E-state index in [1.807, 2.05) is 0 Å². The van der Waals surface area contributed by atoms with Crippen LogP contribution in [0.15, 0.2) is 24.3 Å². The van der Waals surface area contributed by atoms with Crippen molar-refractivity contribution < 1.29 is 37.9 Å². The molecule has 2 N–H and O–H groups in total. The highest BCUT2D eigenvalue weighted by atomic mass is 31.2. The van der Waals surface area contributed by atoms with E-state index in [0.717, 1.165) is 57.8 Å². The molecule has 0 fully saturated rings. The number of carbonyl (C=O) groups excluding carboxylic acids is 2. The minimum Gasteiger partial charge on any atom is -0.462 e. The van der Waals surface area contributed by atoms with Crippen molar-refractivity contribution >= 4 is 19.8 Å². The Morgan fingerprint density at radius 1 is 0.605 bits per heavy atom. The molecule has 1 unspecified atom stereocenters. The standard InChI is InChI=1S/C34H63O8P/c1-3-5-7-9-11-13-15-16-17-18-19-21-23-25-27-29-34(36)42-32(31-41-43(37,38)39)30-40-33(35)28-26-24-22-20-14-12-10-8-6-4-2/h11,13,16-17,32H,3-10,12,14-15,18-31H2,1-2H3,(H2,37,38,39)/b13-11-,17-16-. The summed E-state index contributed by atoms with van der Waals surface area (Å²) in [6.45, 7) is 3.61. The highest BCUT2D eigenvalue weighted by Crippen LogP contribution is 2.35. The molecule has 0 amide bonds. The van der Waals surface area contributed by atoms with Crippen LogP contribution in [0.3, 0.4) is 0 Å². The molecule has 9 heteroatoms. The number of allylic oxidation sites excluding steroid dienone is 4. The normalized spacial score (nSPS) is 12.7. The van der Waals surface area contributed by atoms with Crippen LogP contribution < -0.4 is 0 Å². The van der Waals surface area contributed by atoms with E-state index in [1.54, 1.807) is 0 Å². The fourth-order valence-electron chi connectivity index (χ4n) is 4.64. The highest BCUT2D eigenvalue weighted by molar-refractivity contribution is 7.46. The number of unbranched alkanes of at least 4 members (excludes halogenated alkanes) is 17. The Morgan fingerprint density at radius 3 is 1.58 bits per heavy atom. The van der Waals surface area contributed by atoms with Crippen molar-refractivity contribution in [2.75, 3.05) is 13.2 Å². The zero-order chi connectivity index (χ0) is 31.9. The number of esters is 2. The number of hydrogen-bond acceptors (Lipinski definition) is 6. The Balaban J connectivity index is 4.03. The van der Waals surface area contributed by atoms with Crippen molar-refractivity contribution in [3.05, 3.63) is 24.3 Å². The first-order valence-corrected chi connectivity index (χ1v) is 18.7. The second-order valence-electron chi connectivity index (χ2n) is 11.5. The van der Waals surface area contributed by atoms with Crippen LogP contribution in [0.1, 0.15) is 162 Å². The number of phosphoric acid groups is 1. The topological polar surface area (TPSA) is 119 Å². The zero-order valence-corrected chi connectivity index (χ0v) is 28.2. The second kappa shape index (κ2) is 30.6. The molecule has 252 valence electrons. The summed E-state index contributed by atoms with van der Waals surface area (Å²) in [4.78, 5) is 42.5. The van der Waals surface area contributed by atoms with Crippen LogP contribution in [0, 0.1) is 0 Å². The van der Waals surface area contributed by atoms with Gasteiger partial charge in [-0.05, 0) is 44.9 Å². The summed E-state index contributed by atoms with van der Waals surface area (Å²) in [6.07, 6.45) is 31.8. The van der Waals surface area contributed by atoms with Gasteiger partial charge in [0.25, 0.3) is 0 Å². The third-order valence-electron chi connectivity index (χ3n) is 7.22. The van der Waals surface area contributed by atoms with E-state index in [0.29, 0.717) is 6.42 Å². The maximum Gasteiger partial charge on any atom is 0.469 e. The minimum absolute atomic E-state index is 0.198. The average Bonchev–Trinajstić information content (AvgIpc) is 2.97. The zero-order valence-electron chi connectivity index (χ0n) is 27.4. The quantitative estimate of drug-likeness (QED) is 0.0336. The fraction of sp³-hybridized carbons (Fsp3) is 0.824. The lowest BCUT2D eigenvalue weighted by molar-refractivity contribution is -0.161. The van der Waals surface area contributed by atoms with Crippen molar-refractivity contribution in [1.82, 2.24) is 0 Å². The van der Waals surface area contributed by atoms with E-state index in [4.69, 9.17) is 19.3 Å². The molecular weight excluding hydrogens is 567 g/mol. The second-order valence-corrected chi connectivity index (χ2v) is 12.7. The fourth-order valence-corrected chi connectivity index (χ4v) is 5.00. The van der Waals surface area contributed by atoms with Crippen LogP contribution in [0.25, 0.3) is 0 Å². The maximum absolute atomic E-state index is 12.3. The molecule has 0 bridgehead atoms. The summed E-state index contributed by atoms with van der Waals surface area (Å²) in [5.41, 5.74) is 0. The van der Waals surface area contributed by atoms with Gasteiger partial charge in [0.1, 0.15) is 6.61 Å². The lowest BCUT2D eigenvalue weighted by atomic mass is 10.1. The lowest BCUT2D eigenvalue weighted by Crippen LogP contribution is -2.29. The van der Waals surface area contributed by atoms with Gasteiger partial charge in [0, 0.05) is 12.8 Å². The SMILES string of the molecule is CCCCC/C=C\C/C=C\CCCCCCCC(=O)OC(COC(=O)CCCCCCCCCCCC)COP(=O)(O)O. The minimum atomic E-state index is -4.74. The summed E-state index contributed by atoms with van der Waals surface area (Å²) in [6, 6.07) is 0. The highest BCUT2D eigenvalue weighted by Gasteiger charge is 2.22. The van der Waals surface area contributed by atoms with Gasteiger partial charge in [-0.1, -0.05) is 128 Å². The summed E-state index contributed by atoms with van der Waals surface area (Å²) >= 11 is 0. The van der Waals surface area contributed by atoms with E-state index in [1.165, 1.54) is 70.6 Å². The molecule has 0 aliphatic carbocycles. The predicted octanol–water partition coefficient (Wildman–Crippen LogP) is 9.68. The van der Waals surface area contributed by atoms with Crippen LogP contribution in [0.4, 0.5) is 0 Å². The first-order chi connectivity index (χ1) is 20.8. The Kier molecular flexibility index (Phi) is 29.5. The molecule has 8 nitrogen and oxygen atoms in total. The Hall–Kier alpha value is -1.47. The molecule has 1 atom stereocenters. The summed E-state index contributed by atoms with van der Waals surface area (Å²) in [7, 11) is -4.74. The van der Waals surface area contributed by atoms with Crippen LogP contribution in [0.2, 0.25) is 0 Å². The van der Waals surface area contributed by atoms with E-state index in [-0.39, 0.29) is 19.4 Å². The van der Waals surface area contributed by atoms with Crippen LogP contribution in [0.5, 0.6) is 0 Å². The number of ether oxygens (including phenoxy) is 2. The average molecular weight is 631 g/mol. The van der Waals surface area contributed by atoms with Crippen LogP contribution >= 0.6 is 7.82 Å². The molecule has 0 aromatic heterocycles. The third kappa shape index (κ3) is 33.3. The van der Waals surface area contributed by atoms with E-state index in [9.17, 15) is 14.2 Å². The maximum atomic E-state index is 12.3. The molecule has 0 rings (SSSR count). The smallest absolute Gasteiger partial charge is 0.462 e. The van der Waals surface area contributed by atoms with Gasteiger partial charge < -0.3 is 19.3 Å². The van der Waals surface area contributed by atoms with Gasteiger partial charge in [0.05, 0.1) is 6.61 Å². The molecule has 0 aliphatic heterocycles. The van der Waals surface area contributed by atoms with E-state index >= 15 is 0 Å². The molecule has 0 saturated heterocycles. The molecule has 43 heavy (non-hydrogen) atoms. The van der Waals surface area contributed by atoms with Gasteiger partial charge in [-0.15, -0.1) is 0 Å². The molecule has 0 radical (unpaired) electrons. The molecule has 0 saturated carbocycles. The number of carbonyl (C=O) groups is 2. The molecular formula is C34H63O8P. The first-order valence-electron chi connectivity index (χ1n) is 17.1. The van der Waals surface area contributed by atoms with Crippen molar-refractivity contribution in [1.29, 1.82) is 0 Å². The number of phosphoric ester groups is 1. The number of rotatable bonds is 31. The van der Waals surface area contributed by atoms with Gasteiger partial charge in [-0.2, -0.15) is 0 Å². The van der Waals surface area contributed by atoms with Gasteiger partial charge in [0.2, 0.25) is 0 Å². The first kappa shape index (κ1) is 41.5.